The summed E-state index contributed by atoms with van der Waals surface area (Å²) in [5.41, 5.74) is 2.50. The largest absolute Gasteiger partial charge is 0.396 e. The number of carbonyl (C=O) groups excluding carboxylic acids is 2. The first-order valence-electron chi connectivity index (χ1n) is 8.75. The van der Waals surface area contributed by atoms with Gasteiger partial charge in [-0.25, -0.2) is 0 Å². The first kappa shape index (κ1) is 18.4. The summed E-state index contributed by atoms with van der Waals surface area (Å²) in [4.78, 5) is 27.3. The number of aliphatic hydroxyl groups excluding tert-OH is 1. The number of aliphatic hydroxyl groups is 1. The molecule has 1 unspecified atom stereocenters. The van der Waals surface area contributed by atoms with Crippen molar-refractivity contribution in [3.63, 3.8) is 0 Å². The van der Waals surface area contributed by atoms with Crippen molar-refractivity contribution in [2.75, 3.05) is 31.1 Å². The molecule has 0 fully saturated rings. The van der Waals surface area contributed by atoms with E-state index in [4.69, 9.17) is 5.11 Å². The van der Waals surface area contributed by atoms with Crippen LogP contribution in [0.2, 0.25) is 0 Å². The summed E-state index contributed by atoms with van der Waals surface area (Å²) in [5.74, 6) is -1.30. The maximum absolute atomic E-state index is 12.1. The van der Waals surface area contributed by atoms with Gasteiger partial charge in [-0.3, -0.25) is 9.59 Å². The molecule has 1 atom stereocenters. The maximum atomic E-state index is 12.1. The molecule has 1 aliphatic heterocycles. The summed E-state index contributed by atoms with van der Waals surface area (Å²) in [5, 5.41) is 16.0. The Bertz CT molecular complexity index is 748. The zero-order valence-corrected chi connectivity index (χ0v) is 15.3. The second-order valence-electron chi connectivity index (χ2n) is 6.15. The molecule has 0 bridgehead atoms. The number of benzene rings is 1. The highest BCUT2D eigenvalue weighted by Gasteiger charge is 2.28. The van der Waals surface area contributed by atoms with Gasteiger partial charge in [0.1, 0.15) is 0 Å². The van der Waals surface area contributed by atoms with Crippen molar-refractivity contribution in [2.24, 2.45) is 0 Å². The number of carbonyl (C=O) groups is 2. The monoisotopic (exact) mass is 373 g/mol. The lowest BCUT2D eigenvalue weighted by Crippen LogP contribution is -2.44. The number of thiophene rings is 1. The minimum Gasteiger partial charge on any atom is -0.396 e. The number of amides is 2. The number of nitrogens with one attached hydrogen (secondary N) is 2. The van der Waals surface area contributed by atoms with Gasteiger partial charge >= 0.3 is 11.8 Å². The van der Waals surface area contributed by atoms with Crippen LogP contribution in [-0.4, -0.2) is 43.2 Å². The fraction of sp³-hybridized carbons (Fsp3) is 0.368. The van der Waals surface area contributed by atoms with Crippen molar-refractivity contribution in [2.45, 2.75) is 18.9 Å². The summed E-state index contributed by atoms with van der Waals surface area (Å²) >= 11 is 1.65. The summed E-state index contributed by atoms with van der Waals surface area (Å²) in [7, 11) is 0. The number of para-hydroxylation sites is 1. The topological polar surface area (TPSA) is 81.7 Å². The maximum Gasteiger partial charge on any atom is 0.309 e. The van der Waals surface area contributed by atoms with E-state index < -0.39 is 11.8 Å². The zero-order valence-electron chi connectivity index (χ0n) is 14.5. The molecule has 1 aromatic carbocycles. The minimum atomic E-state index is -0.662. The van der Waals surface area contributed by atoms with E-state index in [-0.39, 0.29) is 19.2 Å². The van der Waals surface area contributed by atoms with Crippen LogP contribution >= 0.6 is 11.3 Å². The van der Waals surface area contributed by atoms with E-state index in [0.29, 0.717) is 13.0 Å². The van der Waals surface area contributed by atoms with Crippen LogP contribution in [0.5, 0.6) is 0 Å². The number of nitrogens with zero attached hydrogens (tertiary/aromatic N) is 1. The van der Waals surface area contributed by atoms with E-state index in [1.807, 2.05) is 23.6 Å². The van der Waals surface area contributed by atoms with Gasteiger partial charge in [-0.1, -0.05) is 24.3 Å². The van der Waals surface area contributed by atoms with Gasteiger partial charge in [-0.2, -0.15) is 0 Å². The van der Waals surface area contributed by atoms with Gasteiger partial charge in [0.2, 0.25) is 0 Å². The fourth-order valence-corrected chi connectivity index (χ4v) is 4.00. The predicted molar refractivity (Wildman–Crippen MR) is 102 cm³/mol. The molecule has 2 aromatic rings. The minimum absolute atomic E-state index is 0.00663. The summed E-state index contributed by atoms with van der Waals surface area (Å²) in [6, 6.07) is 12.4. The van der Waals surface area contributed by atoms with E-state index in [1.54, 1.807) is 11.3 Å². The smallest absolute Gasteiger partial charge is 0.309 e. The van der Waals surface area contributed by atoms with E-state index in [0.717, 1.165) is 17.8 Å². The quantitative estimate of drug-likeness (QED) is 0.507. The number of fused-ring (bicyclic) bond motifs is 1. The summed E-state index contributed by atoms with van der Waals surface area (Å²) in [6.07, 6.45) is 1.41. The average Bonchev–Trinajstić information content (AvgIpc) is 3.32. The lowest BCUT2D eigenvalue weighted by molar-refractivity contribution is -0.139. The third-order valence-electron chi connectivity index (χ3n) is 4.45. The molecule has 0 saturated heterocycles. The second-order valence-corrected chi connectivity index (χ2v) is 7.13. The normalized spacial score (nSPS) is 14.0. The van der Waals surface area contributed by atoms with E-state index in [9.17, 15) is 9.59 Å². The Labute approximate surface area is 156 Å². The van der Waals surface area contributed by atoms with Crippen molar-refractivity contribution < 1.29 is 14.7 Å². The van der Waals surface area contributed by atoms with Gasteiger partial charge in [-0.15, -0.1) is 11.3 Å². The summed E-state index contributed by atoms with van der Waals surface area (Å²) in [6.45, 7) is 1.52. The summed E-state index contributed by atoms with van der Waals surface area (Å²) < 4.78 is 0. The molecule has 0 saturated carbocycles. The standard InChI is InChI=1S/C19H23N3O3S/c23-11-4-9-20-18(24)19(25)21-13-16(17-7-3-12-26-17)22-10-8-14-5-1-2-6-15(14)22/h1-3,5-7,12,16,23H,4,8-11,13H2,(H,20,24)(H,21,25). The van der Waals surface area contributed by atoms with Crippen molar-refractivity contribution in [3.8, 4) is 0 Å². The van der Waals surface area contributed by atoms with Crippen LogP contribution in [0.25, 0.3) is 0 Å². The molecule has 1 aromatic heterocycles. The molecule has 6 nitrogen and oxygen atoms in total. The molecule has 0 aliphatic carbocycles. The Morgan fingerprint density at radius 3 is 2.73 bits per heavy atom. The van der Waals surface area contributed by atoms with E-state index in [2.05, 4.69) is 33.7 Å². The van der Waals surface area contributed by atoms with Gasteiger partial charge in [0.15, 0.2) is 0 Å². The van der Waals surface area contributed by atoms with Crippen LogP contribution in [0, 0.1) is 0 Å². The van der Waals surface area contributed by atoms with Crippen molar-refractivity contribution >= 4 is 28.8 Å². The third kappa shape index (κ3) is 4.23. The van der Waals surface area contributed by atoms with Crippen LogP contribution in [0.3, 0.4) is 0 Å². The molecule has 0 spiro atoms. The lowest BCUT2D eigenvalue weighted by Gasteiger charge is -2.30. The van der Waals surface area contributed by atoms with E-state index >= 15 is 0 Å². The van der Waals surface area contributed by atoms with Crippen LogP contribution in [0.4, 0.5) is 5.69 Å². The molecule has 2 heterocycles. The Morgan fingerprint density at radius 1 is 1.15 bits per heavy atom. The molecule has 26 heavy (non-hydrogen) atoms. The number of anilines is 1. The van der Waals surface area contributed by atoms with Crippen LogP contribution in [0.15, 0.2) is 41.8 Å². The molecule has 1 aliphatic rings. The van der Waals surface area contributed by atoms with Gasteiger partial charge in [0.25, 0.3) is 0 Å². The molecular weight excluding hydrogens is 350 g/mol. The van der Waals surface area contributed by atoms with Crippen molar-refractivity contribution in [3.05, 3.63) is 52.2 Å². The molecule has 3 N–H and O–H groups in total. The first-order chi connectivity index (χ1) is 12.7. The van der Waals surface area contributed by atoms with Crippen LogP contribution < -0.4 is 15.5 Å². The van der Waals surface area contributed by atoms with Gasteiger partial charge in [0.05, 0.1) is 6.04 Å². The zero-order chi connectivity index (χ0) is 18.4. The highest BCUT2D eigenvalue weighted by molar-refractivity contribution is 7.10. The third-order valence-corrected chi connectivity index (χ3v) is 5.43. The van der Waals surface area contributed by atoms with Crippen LogP contribution in [0.1, 0.15) is 22.9 Å². The Morgan fingerprint density at radius 2 is 1.96 bits per heavy atom. The molecule has 0 radical (unpaired) electrons. The predicted octanol–water partition coefficient (Wildman–Crippen LogP) is 1.47. The second kappa shape index (κ2) is 8.82. The van der Waals surface area contributed by atoms with E-state index in [1.165, 1.54) is 11.3 Å². The number of hydrogen-bond acceptors (Lipinski definition) is 5. The van der Waals surface area contributed by atoms with Gasteiger partial charge in [0, 0.05) is 36.8 Å². The SMILES string of the molecule is O=C(NCCCO)C(=O)NCC(c1cccs1)N1CCc2ccccc21. The average molecular weight is 373 g/mol. The number of hydrogen-bond donors (Lipinski definition) is 3. The molecule has 2 amide bonds. The molecule has 138 valence electrons. The van der Waals surface area contributed by atoms with Crippen LogP contribution in [-0.2, 0) is 16.0 Å². The highest BCUT2D eigenvalue weighted by Crippen LogP contribution is 2.36. The van der Waals surface area contributed by atoms with Crippen molar-refractivity contribution in [1.29, 1.82) is 0 Å². The Kier molecular flexibility index (Phi) is 6.25. The van der Waals surface area contributed by atoms with Gasteiger partial charge < -0.3 is 20.6 Å². The van der Waals surface area contributed by atoms with Crippen molar-refractivity contribution in [1.82, 2.24) is 10.6 Å². The van der Waals surface area contributed by atoms with Gasteiger partial charge in [-0.05, 0) is 35.9 Å². The Balaban J connectivity index is 1.67. The Hall–Kier alpha value is -2.38. The molecule has 3 rings (SSSR count). The first-order valence-corrected chi connectivity index (χ1v) is 9.63. The molecular formula is C19H23N3O3S. The fourth-order valence-electron chi connectivity index (χ4n) is 3.16. The number of rotatable bonds is 7. The lowest BCUT2D eigenvalue weighted by atomic mass is 10.1. The highest BCUT2D eigenvalue weighted by atomic mass is 32.1. The molecule has 7 heteroatoms.